The normalized spacial score (nSPS) is 24.4. The summed E-state index contributed by atoms with van der Waals surface area (Å²) in [4.78, 5) is 30.6. The highest BCUT2D eigenvalue weighted by molar-refractivity contribution is 5.81. The van der Waals surface area contributed by atoms with Gasteiger partial charge in [0.2, 0.25) is 11.8 Å². The Hall–Kier alpha value is -1.10. The molecule has 1 heterocycles. The molecule has 0 aromatic rings. The third kappa shape index (κ3) is 4.93. The SMILES string of the molecule is CCCN(CC(=O)N(C)C)CC(=O)N1CCCC2CCCCC21. The van der Waals surface area contributed by atoms with Gasteiger partial charge in [-0.2, -0.15) is 0 Å². The monoisotopic (exact) mass is 323 g/mol. The highest BCUT2D eigenvalue weighted by atomic mass is 16.2. The lowest BCUT2D eigenvalue weighted by Crippen LogP contribution is -2.53. The van der Waals surface area contributed by atoms with Crippen molar-refractivity contribution >= 4 is 11.8 Å². The number of fused-ring (bicyclic) bond motifs is 1. The van der Waals surface area contributed by atoms with Gasteiger partial charge in [0.25, 0.3) is 0 Å². The molecule has 2 fully saturated rings. The molecule has 2 rings (SSSR count). The summed E-state index contributed by atoms with van der Waals surface area (Å²) in [5, 5.41) is 0. The number of carbonyl (C=O) groups excluding carboxylic acids is 2. The smallest absolute Gasteiger partial charge is 0.237 e. The first-order valence-electron chi connectivity index (χ1n) is 9.25. The summed E-state index contributed by atoms with van der Waals surface area (Å²) in [5.41, 5.74) is 0. The maximum absolute atomic E-state index is 12.8. The Labute approximate surface area is 141 Å². The standard InChI is InChI=1S/C18H33N3O2/c1-4-11-20(13-17(22)19(2)3)14-18(23)21-12-7-9-15-8-5-6-10-16(15)21/h15-16H,4-14H2,1-3H3. The van der Waals surface area contributed by atoms with Crippen LogP contribution in [0, 0.1) is 5.92 Å². The van der Waals surface area contributed by atoms with E-state index in [-0.39, 0.29) is 11.8 Å². The minimum absolute atomic E-state index is 0.0698. The predicted molar refractivity (Wildman–Crippen MR) is 92.1 cm³/mol. The van der Waals surface area contributed by atoms with Gasteiger partial charge in [-0.25, -0.2) is 0 Å². The van der Waals surface area contributed by atoms with E-state index in [1.165, 1.54) is 32.1 Å². The fraction of sp³-hybridized carbons (Fsp3) is 0.889. The summed E-state index contributed by atoms with van der Waals surface area (Å²) in [7, 11) is 3.54. The Bertz CT molecular complexity index is 409. The molecule has 0 radical (unpaired) electrons. The maximum atomic E-state index is 12.8. The molecule has 1 aliphatic heterocycles. The number of nitrogens with zero attached hydrogens (tertiary/aromatic N) is 3. The zero-order chi connectivity index (χ0) is 16.8. The van der Waals surface area contributed by atoms with Crippen molar-refractivity contribution in [1.29, 1.82) is 0 Å². The summed E-state index contributed by atoms with van der Waals surface area (Å²) < 4.78 is 0. The Kier molecular flexibility index (Phi) is 6.88. The Morgan fingerprint density at radius 1 is 1.04 bits per heavy atom. The number of rotatable bonds is 6. The fourth-order valence-corrected chi connectivity index (χ4v) is 4.08. The van der Waals surface area contributed by atoms with Crippen LogP contribution in [0.1, 0.15) is 51.9 Å². The van der Waals surface area contributed by atoms with Crippen LogP contribution in [0.3, 0.4) is 0 Å². The van der Waals surface area contributed by atoms with E-state index < -0.39 is 0 Å². The third-order valence-electron chi connectivity index (χ3n) is 5.32. The van der Waals surface area contributed by atoms with Crippen LogP contribution in [0.2, 0.25) is 0 Å². The molecule has 2 atom stereocenters. The van der Waals surface area contributed by atoms with Gasteiger partial charge in [0.15, 0.2) is 0 Å². The fourth-order valence-electron chi connectivity index (χ4n) is 4.08. The van der Waals surface area contributed by atoms with Gasteiger partial charge in [0.05, 0.1) is 13.1 Å². The van der Waals surface area contributed by atoms with Gasteiger partial charge in [0.1, 0.15) is 0 Å². The van der Waals surface area contributed by atoms with Crippen molar-refractivity contribution in [3.63, 3.8) is 0 Å². The molecule has 1 saturated heterocycles. The second-order valence-corrected chi connectivity index (χ2v) is 7.34. The zero-order valence-corrected chi connectivity index (χ0v) is 15.1. The molecule has 0 spiro atoms. The maximum Gasteiger partial charge on any atom is 0.237 e. The van der Waals surface area contributed by atoms with Gasteiger partial charge in [-0.05, 0) is 44.6 Å². The molecular formula is C18H33N3O2. The molecule has 0 aromatic heterocycles. The molecule has 23 heavy (non-hydrogen) atoms. The summed E-state index contributed by atoms with van der Waals surface area (Å²) in [5.74, 6) is 1.01. The van der Waals surface area contributed by atoms with Crippen molar-refractivity contribution in [2.45, 2.75) is 57.9 Å². The number of hydrogen-bond acceptors (Lipinski definition) is 3. The lowest BCUT2D eigenvalue weighted by Gasteiger charge is -2.44. The highest BCUT2D eigenvalue weighted by Crippen LogP contribution is 2.35. The van der Waals surface area contributed by atoms with Crippen LogP contribution in [0.25, 0.3) is 0 Å². The summed E-state index contributed by atoms with van der Waals surface area (Å²) in [6.07, 6.45) is 8.40. The minimum Gasteiger partial charge on any atom is -0.348 e. The van der Waals surface area contributed by atoms with Crippen molar-refractivity contribution in [1.82, 2.24) is 14.7 Å². The molecule has 2 amide bonds. The van der Waals surface area contributed by atoms with E-state index in [4.69, 9.17) is 0 Å². The van der Waals surface area contributed by atoms with Gasteiger partial charge in [-0.3, -0.25) is 14.5 Å². The number of likely N-dealkylation sites (N-methyl/N-ethyl adjacent to an activating group) is 1. The van der Waals surface area contributed by atoms with Crippen LogP contribution >= 0.6 is 0 Å². The van der Waals surface area contributed by atoms with Crippen molar-refractivity contribution in [2.24, 2.45) is 5.92 Å². The van der Waals surface area contributed by atoms with Gasteiger partial charge < -0.3 is 9.80 Å². The van der Waals surface area contributed by atoms with Crippen LogP contribution in [-0.4, -0.2) is 72.8 Å². The van der Waals surface area contributed by atoms with Crippen molar-refractivity contribution in [3.05, 3.63) is 0 Å². The van der Waals surface area contributed by atoms with Gasteiger partial charge in [-0.1, -0.05) is 19.8 Å². The second kappa shape index (κ2) is 8.67. The zero-order valence-electron chi connectivity index (χ0n) is 15.1. The average molecular weight is 323 g/mol. The Morgan fingerprint density at radius 2 is 1.74 bits per heavy atom. The third-order valence-corrected chi connectivity index (χ3v) is 5.32. The van der Waals surface area contributed by atoms with Crippen molar-refractivity contribution in [3.8, 4) is 0 Å². The molecular weight excluding hydrogens is 290 g/mol. The molecule has 2 unspecified atom stereocenters. The van der Waals surface area contributed by atoms with Crippen LogP contribution < -0.4 is 0 Å². The van der Waals surface area contributed by atoms with E-state index in [2.05, 4.69) is 11.8 Å². The Morgan fingerprint density at radius 3 is 2.43 bits per heavy atom. The van der Waals surface area contributed by atoms with Crippen LogP contribution in [0.5, 0.6) is 0 Å². The van der Waals surface area contributed by atoms with E-state index in [9.17, 15) is 9.59 Å². The topological polar surface area (TPSA) is 43.9 Å². The summed E-state index contributed by atoms with van der Waals surface area (Å²) in [6, 6.07) is 0.457. The van der Waals surface area contributed by atoms with Gasteiger partial charge >= 0.3 is 0 Å². The largest absolute Gasteiger partial charge is 0.348 e. The number of carbonyl (C=O) groups is 2. The molecule has 5 heteroatoms. The molecule has 1 aliphatic carbocycles. The molecule has 0 bridgehead atoms. The van der Waals surface area contributed by atoms with E-state index in [0.717, 1.165) is 25.9 Å². The number of hydrogen-bond donors (Lipinski definition) is 0. The number of amides is 2. The average Bonchev–Trinajstić information content (AvgIpc) is 2.54. The Balaban J connectivity index is 1.95. The van der Waals surface area contributed by atoms with Gasteiger partial charge in [-0.15, -0.1) is 0 Å². The quantitative estimate of drug-likeness (QED) is 0.750. The number of likely N-dealkylation sites (tertiary alicyclic amines) is 1. The highest BCUT2D eigenvalue weighted by Gasteiger charge is 2.35. The summed E-state index contributed by atoms with van der Waals surface area (Å²) >= 11 is 0. The van der Waals surface area contributed by atoms with Gasteiger partial charge in [0, 0.05) is 26.7 Å². The lowest BCUT2D eigenvalue weighted by molar-refractivity contribution is -0.139. The molecule has 1 saturated carbocycles. The lowest BCUT2D eigenvalue weighted by atomic mass is 9.78. The van der Waals surface area contributed by atoms with Crippen molar-refractivity contribution in [2.75, 3.05) is 40.3 Å². The minimum atomic E-state index is 0.0698. The van der Waals surface area contributed by atoms with E-state index in [1.807, 2.05) is 4.90 Å². The first kappa shape index (κ1) is 18.2. The molecule has 5 nitrogen and oxygen atoms in total. The molecule has 0 aromatic carbocycles. The van der Waals surface area contributed by atoms with Crippen LogP contribution in [0.4, 0.5) is 0 Å². The second-order valence-electron chi connectivity index (χ2n) is 7.34. The molecule has 132 valence electrons. The van der Waals surface area contributed by atoms with Crippen LogP contribution in [-0.2, 0) is 9.59 Å². The van der Waals surface area contributed by atoms with E-state index >= 15 is 0 Å². The van der Waals surface area contributed by atoms with Crippen LogP contribution in [0.15, 0.2) is 0 Å². The first-order chi connectivity index (χ1) is 11.0. The van der Waals surface area contributed by atoms with E-state index in [0.29, 0.717) is 25.0 Å². The molecule has 0 N–H and O–H groups in total. The first-order valence-corrected chi connectivity index (χ1v) is 9.25. The van der Waals surface area contributed by atoms with Crippen molar-refractivity contribution < 1.29 is 9.59 Å². The molecule has 2 aliphatic rings. The summed E-state index contributed by atoms with van der Waals surface area (Å²) in [6.45, 7) is 4.52. The predicted octanol–water partition coefficient (Wildman–Crippen LogP) is 1.97. The van der Waals surface area contributed by atoms with E-state index in [1.54, 1.807) is 19.0 Å². The number of piperidine rings is 1.